The summed E-state index contributed by atoms with van der Waals surface area (Å²) in [5.41, 5.74) is 0. The lowest BCUT2D eigenvalue weighted by Crippen LogP contribution is -2.44. The zero-order valence-electron chi connectivity index (χ0n) is 11.5. The van der Waals surface area contributed by atoms with Gasteiger partial charge in [-0.2, -0.15) is 0 Å². The Morgan fingerprint density at radius 3 is 2.62 bits per heavy atom. The van der Waals surface area contributed by atoms with Gasteiger partial charge in [-0.3, -0.25) is 9.59 Å². The first-order chi connectivity index (χ1) is 10.2. The highest BCUT2D eigenvalue weighted by Crippen LogP contribution is 2.22. The highest BCUT2D eigenvalue weighted by Gasteiger charge is 2.36. The molecule has 2 amide bonds. The molecule has 110 valence electrons. The smallest absolute Gasteiger partial charge is 0.243 e. The molecule has 21 heavy (non-hydrogen) atoms. The minimum Gasteiger partial charge on any atom is -0.467 e. The number of amides is 2. The summed E-state index contributed by atoms with van der Waals surface area (Å²) >= 11 is 0. The average molecular weight is 288 g/mol. The van der Waals surface area contributed by atoms with Crippen molar-refractivity contribution in [2.24, 2.45) is 0 Å². The fourth-order valence-electron chi connectivity index (χ4n) is 2.48. The number of furan rings is 2. The van der Waals surface area contributed by atoms with E-state index < -0.39 is 6.04 Å². The van der Waals surface area contributed by atoms with Crippen LogP contribution in [0.4, 0.5) is 0 Å². The van der Waals surface area contributed by atoms with E-state index in [2.05, 4.69) is 5.32 Å². The Morgan fingerprint density at radius 2 is 1.95 bits per heavy atom. The van der Waals surface area contributed by atoms with Crippen molar-refractivity contribution in [2.45, 2.75) is 32.0 Å². The van der Waals surface area contributed by atoms with E-state index in [1.54, 1.807) is 41.7 Å². The van der Waals surface area contributed by atoms with Crippen LogP contribution >= 0.6 is 0 Å². The van der Waals surface area contributed by atoms with E-state index in [1.165, 1.54) is 0 Å². The maximum Gasteiger partial charge on any atom is 0.243 e. The normalized spacial score (nSPS) is 18.2. The van der Waals surface area contributed by atoms with Crippen molar-refractivity contribution in [2.75, 3.05) is 0 Å². The van der Waals surface area contributed by atoms with Crippen LogP contribution in [-0.2, 0) is 22.7 Å². The van der Waals surface area contributed by atoms with Crippen molar-refractivity contribution >= 4 is 11.8 Å². The average Bonchev–Trinajstić information content (AvgIpc) is 3.21. The van der Waals surface area contributed by atoms with Gasteiger partial charge in [-0.1, -0.05) is 0 Å². The molecule has 2 aromatic heterocycles. The van der Waals surface area contributed by atoms with E-state index >= 15 is 0 Å². The topological polar surface area (TPSA) is 75.7 Å². The molecule has 0 aliphatic carbocycles. The number of hydrogen-bond acceptors (Lipinski definition) is 4. The van der Waals surface area contributed by atoms with Crippen LogP contribution in [0.1, 0.15) is 24.4 Å². The van der Waals surface area contributed by atoms with Crippen LogP contribution < -0.4 is 5.32 Å². The van der Waals surface area contributed by atoms with Crippen molar-refractivity contribution in [3.63, 3.8) is 0 Å². The van der Waals surface area contributed by atoms with E-state index in [4.69, 9.17) is 8.83 Å². The number of carbonyl (C=O) groups excluding carboxylic acids is 2. The summed E-state index contributed by atoms with van der Waals surface area (Å²) in [5.74, 6) is 1.17. The minimum absolute atomic E-state index is 0.0236. The molecule has 1 saturated heterocycles. The molecule has 6 nitrogen and oxygen atoms in total. The molecule has 0 unspecified atom stereocenters. The highest BCUT2D eigenvalue weighted by molar-refractivity contribution is 5.90. The lowest BCUT2D eigenvalue weighted by molar-refractivity contribution is -0.136. The molecule has 0 bridgehead atoms. The summed E-state index contributed by atoms with van der Waals surface area (Å²) in [7, 11) is 0. The van der Waals surface area contributed by atoms with Gasteiger partial charge in [-0.05, 0) is 30.7 Å². The van der Waals surface area contributed by atoms with E-state index in [-0.39, 0.29) is 11.8 Å². The van der Waals surface area contributed by atoms with Gasteiger partial charge in [0.25, 0.3) is 0 Å². The third kappa shape index (κ3) is 2.99. The van der Waals surface area contributed by atoms with Gasteiger partial charge in [-0.25, -0.2) is 0 Å². The Balaban J connectivity index is 1.62. The number of carbonyl (C=O) groups is 2. The third-order valence-corrected chi connectivity index (χ3v) is 3.55. The lowest BCUT2D eigenvalue weighted by Gasteiger charge is -2.22. The monoisotopic (exact) mass is 288 g/mol. The second-order valence-electron chi connectivity index (χ2n) is 4.95. The summed E-state index contributed by atoms with van der Waals surface area (Å²) in [6.07, 6.45) is 4.04. The van der Waals surface area contributed by atoms with Gasteiger partial charge < -0.3 is 19.1 Å². The van der Waals surface area contributed by atoms with Gasteiger partial charge in [0.1, 0.15) is 17.6 Å². The molecule has 1 fully saturated rings. The Kier molecular flexibility index (Phi) is 3.77. The van der Waals surface area contributed by atoms with Crippen LogP contribution in [0.15, 0.2) is 45.6 Å². The summed E-state index contributed by atoms with van der Waals surface area (Å²) in [6.45, 7) is 0.649. The number of hydrogen-bond donors (Lipinski definition) is 1. The quantitative estimate of drug-likeness (QED) is 0.908. The van der Waals surface area contributed by atoms with E-state index in [1.807, 2.05) is 0 Å². The van der Waals surface area contributed by atoms with Gasteiger partial charge >= 0.3 is 0 Å². The largest absolute Gasteiger partial charge is 0.467 e. The molecule has 1 atom stereocenters. The summed E-state index contributed by atoms with van der Waals surface area (Å²) in [6, 6.07) is 6.67. The van der Waals surface area contributed by atoms with Crippen molar-refractivity contribution in [3.05, 3.63) is 48.3 Å². The zero-order valence-corrected chi connectivity index (χ0v) is 11.5. The molecule has 2 aromatic rings. The summed E-state index contributed by atoms with van der Waals surface area (Å²) < 4.78 is 10.4. The first-order valence-corrected chi connectivity index (χ1v) is 6.86. The molecule has 0 aromatic carbocycles. The van der Waals surface area contributed by atoms with Crippen molar-refractivity contribution in [1.29, 1.82) is 0 Å². The summed E-state index contributed by atoms with van der Waals surface area (Å²) in [5, 5.41) is 2.80. The molecule has 0 saturated carbocycles. The molecular weight excluding hydrogens is 272 g/mol. The fraction of sp³-hybridized carbons (Fsp3) is 0.333. The van der Waals surface area contributed by atoms with E-state index in [0.29, 0.717) is 37.5 Å². The fourth-order valence-corrected chi connectivity index (χ4v) is 2.48. The van der Waals surface area contributed by atoms with Gasteiger partial charge in [0.2, 0.25) is 11.8 Å². The van der Waals surface area contributed by atoms with E-state index in [9.17, 15) is 9.59 Å². The third-order valence-electron chi connectivity index (χ3n) is 3.55. The van der Waals surface area contributed by atoms with Gasteiger partial charge in [0.05, 0.1) is 25.6 Å². The van der Waals surface area contributed by atoms with Gasteiger partial charge in [-0.15, -0.1) is 0 Å². The van der Waals surface area contributed by atoms with Crippen LogP contribution in [0.25, 0.3) is 0 Å². The van der Waals surface area contributed by atoms with Crippen LogP contribution in [0.5, 0.6) is 0 Å². The molecule has 1 aliphatic rings. The number of rotatable bonds is 5. The molecule has 3 heterocycles. The van der Waals surface area contributed by atoms with Crippen molar-refractivity contribution < 1.29 is 18.4 Å². The minimum atomic E-state index is -0.447. The van der Waals surface area contributed by atoms with Crippen LogP contribution in [0.2, 0.25) is 0 Å². The standard InChI is InChI=1S/C15H16N2O4/c18-14-6-5-13(17(14)10-12-4-2-8-21-12)15(19)16-9-11-3-1-7-20-11/h1-4,7-8,13H,5-6,9-10H2,(H,16,19)/t13-/m1/s1. The van der Waals surface area contributed by atoms with Crippen LogP contribution in [0, 0.1) is 0 Å². The Bertz CT molecular complexity index is 604. The Labute approximate surface area is 121 Å². The molecule has 6 heteroatoms. The van der Waals surface area contributed by atoms with Gasteiger partial charge in [0, 0.05) is 6.42 Å². The SMILES string of the molecule is O=C(NCc1ccco1)[C@H]1CCC(=O)N1Cc1ccco1. The first-order valence-electron chi connectivity index (χ1n) is 6.86. The number of likely N-dealkylation sites (tertiary alicyclic amines) is 1. The maximum absolute atomic E-state index is 12.2. The maximum atomic E-state index is 12.2. The molecular formula is C15H16N2O4. The molecule has 0 radical (unpaired) electrons. The predicted octanol–water partition coefficient (Wildman–Crippen LogP) is 1.68. The highest BCUT2D eigenvalue weighted by atomic mass is 16.3. The Hall–Kier alpha value is -2.50. The molecule has 3 rings (SSSR count). The molecule has 0 spiro atoms. The second-order valence-corrected chi connectivity index (χ2v) is 4.95. The summed E-state index contributed by atoms with van der Waals surface area (Å²) in [4.78, 5) is 25.7. The second kappa shape index (κ2) is 5.87. The van der Waals surface area contributed by atoms with Gasteiger partial charge in [0.15, 0.2) is 0 Å². The van der Waals surface area contributed by atoms with E-state index in [0.717, 1.165) is 0 Å². The lowest BCUT2D eigenvalue weighted by atomic mass is 10.2. The predicted molar refractivity (Wildman–Crippen MR) is 72.8 cm³/mol. The number of nitrogens with one attached hydrogen (secondary N) is 1. The molecule has 1 N–H and O–H groups in total. The molecule has 1 aliphatic heterocycles. The van der Waals surface area contributed by atoms with Crippen molar-refractivity contribution in [3.8, 4) is 0 Å². The van der Waals surface area contributed by atoms with Crippen LogP contribution in [-0.4, -0.2) is 22.8 Å². The van der Waals surface area contributed by atoms with Crippen molar-refractivity contribution in [1.82, 2.24) is 10.2 Å². The Morgan fingerprint density at radius 1 is 1.24 bits per heavy atom. The van der Waals surface area contributed by atoms with Crippen LogP contribution in [0.3, 0.4) is 0 Å². The first kappa shape index (κ1) is 13.5. The zero-order chi connectivity index (χ0) is 14.7. The number of nitrogens with zero attached hydrogens (tertiary/aromatic N) is 1.